The fourth-order valence-electron chi connectivity index (χ4n) is 3.75. The fraction of sp³-hybridized carbons (Fsp3) is 0.538. The first kappa shape index (κ1) is 44.0. The van der Waals surface area contributed by atoms with Crippen molar-refractivity contribution in [2.24, 2.45) is 5.41 Å². The van der Waals surface area contributed by atoms with Crippen LogP contribution in [-0.4, -0.2) is 0 Å². The minimum absolute atomic E-state index is 0. The van der Waals surface area contributed by atoms with Gasteiger partial charge < -0.3 is 7.43 Å². The molecule has 1 aromatic rings. The van der Waals surface area contributed by atoms with Gasteiger partial charge in [0.05, 0.1) is 0 Å². The van der Waals surface area contributed by atoms with Crippen molar-refractivity contribution in [2.45, 2.75) is 90.0 Å². The van der Waals surface area contributed by atoms with E-state index < -0.39 is 0 Å². The summed E-state index contributed by atoms with van der Waals surface area (Å²) in [6, 6.07) is 0. The number of halogens is 3. The fourth-order valence-corrected chi connectivity index (χ4v) is 3.75. The van der Waals surface area contributed by atoms with Gasteiger partial charge in [-0.3, -0.25) is 0 Å². The van der Waals surface area contributed by atoms with Crippen molar-refractivity contribution in [2.75, 3.05) is 0 Å². The Morgan fingerprint density at radius 3 is 1.03 bits per heavy atom. The molecule has 0 atom stereocenters. The summed E-state index contributed by atoms with van der Waals surface area (Å²) in [6.07, 6.45) is 0. The number of benzene rings is 1. The first-order valence-electron chi connectivity index (χ1n) is 9.64. The molecule has 0 unspecified atom stereocenters. The summed E-state index contributed by atoms with van der Waals surface area (Å²) >= 11 is 4.24. The smallest absolute Gasteiger partial charge is 0 e. The van der Waals surface area contributed by atoms with Crippen molar-refractivity contribution in [3.05, 3.63) is 69.0 Å². The van der Waals surface area contributed by atoms with E-state index in [1.54, 1.807) is 0 Å². The first-order valence-corrected chi connectivity index (χ1v) is 15.9. The molecule has 0 amide bonds. The third-order valence-corrected chi connectivity index (χ3v) is 7.50. The molecule has 0 saturated heterocycles. The molecule has 0 fully saturated rings. The van der Waals surface area contributed by atoms with Crippen LogP contribution in [0.25, 0.3) is 0 Å². The molecule has 176 valence electrons. The summed E-state index contributed by atoms with van der Waals surface area (Å²) in [4.78, 5) is 0. The Morgan fingerprint density at radius 1 is 0.581 bits per heavy atom. The normalized spacial score (nSPS) is 13.8. The summed E-state index contributed by atoms with van der Waals surface area (Å²) in [5.41, 5.74) is 14.9. The Labute approximate surface area is 286 Å². The van der Waals surface area contributed by atoms with Crippen LogP contribution in [0, 0.1) is 60.3 Å². The zero-order valence-corrected chi connectivity index (χ0v) is 34.6. The molecule has 0 nitrogen and oxygen atoms in total. The number of allylic oxidation sites excluding steroid dienone is 4. The maximum atomic E-state index is 2.32. The van der Waals surface area contributed by atoms with Crippen molar-refractivity contribution in [1.29, 1.82) is 0 Å². The van der Waals surface area contributed by atoms with Gasteiger partial charge in [0, 0.05) is 103 Å². The summed E-state index contributed by atoms with van der Waals surface area (Å²) in [5, 5.41) is 0. The van der Waals surface area contributed by atoms with E-state index in [1.165, 1.54) is 61.6 Å². The second-order valence-electron chi connectivity index (χ2n) is 8.50. The molecule has 2 radical (unpaired) electrons. The van der Waals surface area contributed by atoms with Crippen molar-refractivity contribution < 1.29 is 65.4 Å². The zero-order valence-electron chi connectivity index (χ0n) is 22.3. The molecule has 0 aromatic heterocycles. The van der Waals surface area contributed by atoms with Gasteiger partial charge in [0.25, 0.3) is 0 Å². The molecule has 2 rings (SSSR count). The standard InChI is InChI=1S/C13H21.C12H18.CH3.I2.HI.2Y/c1-8-9(2)11(4)13(6,7)12(5)10(8)3;1-7-8(2)10(4)12(6)11(5)9(7)3;;1-2;;;/h1-7H3;1-6H3;1H3;;1H;;/q-1;;-1;;;;. The van der Waals surface area contributed by atoms with Crippen LogP contribution in [0.5, 0.6) is 0 Å². The van der Waals surface area contributed by atoms with Crippen LogP contribution in [0.2, 0.25) is 0 Å². The van der Waals surface area contributed by atoms with E-state index >= 15 is 0 Å². The maximum Gasteiger partial charge on any atom is 0 e. The van der Waals surface area contributed by atoms with Crippen LogP contribution >= 0.6 is 61.2 Å². The predicted molar refractivity (Wildman–Crippen MR) is 164 cm³/mol. The number of hydrogen-bond acceptors (Lipinski definition) is 0. The van der Waals surface area contributed by atoms with Gasteiger partial charge in [-0.2, -0.15) is 5.57 Å². The topological polar surface area (TPSA) is 0 Å². The molecule has 1 aromatic carbocycles. The van der Waals surface area contributed by atoms with E-state index in [0.29, 0.717) is 0 Å². The monoisotopic (exact) mass is 914 g/mol. The van der Waals surface area contributed by atoms with Gasteiger partial charge in [-0.15, -0.1) is 43.4 Å². The third kappa shape index (κ3) is 10.5. The molecule has 0 heterocycles. The van der Waals surface area contributed by atoms with Crippen LogP contribution in [0.4, 0.5) is 0 Å². The molecule has 0 N–H and O–H groups in total. The average molecular weight is 914 g/mol. The number of rotatable bonds is 0. The molecule has 0 bridgehead atoms. The second kappa shape index (κ2) is 19.1. The van der Waals surface area contributed by atoms with Gasteiger partial charge in [-0.1, -0.05) is 38.7 Å². The summed E-state index contributed by atoms with van der Waals surface area (Å²) in [7, 11) is 0. The Balaban J connectivity index is -0.000000120. The minimum atomic E-state index is 0. The van der Waals surface area contributed by atoms with Crippen molar-refractivity contribution in [3.8, 4) is 0 Å². The molecule has 0 aliphatic heterocycles. The molecule has 31 heavy (non-hydrogen) atoms. The molecular weight excluding hydrogens is 871 g/mol. The molecule has 1 aliphatic rings. The van der Waals surface area contributed by atoms with Gasteiger partial charge >= 0.3 is 0 Å². The Morgan fingerprint density at radius 2 is 0.806 bits per heavy atom. The number of hydrogen-bond donors (Lipinski definition) is 0. The Kier molecular flexibility index (Phi) is 27.1. The van der Waals surface area contributed by atoms with E-state index in [-0.39, 0.29) is 102 Å². The largest absolute Gasteiger partial charge is 0.358 e. The minimum Gasteiger partial charge on any atom is -0.358 e. The van der Waals surface area contributed by atoms with Gasteiger partial charge in [0.15, 0.2) is 0 Å². The average Bonchev–Trinajstić information content (AvgIpc) is 2.67. The van der Waals surface area contributed by atoms with Crippen LogP contribution in [0.15, 0.2) is 22.3 Å². The molecule has 0 spiro atoms. The van der Waals surface area contributed by atoms with Crippen molar-refractivity contribution in [3.63, 3.8) is 0 Å². The quantitative estimate of drug-likeness (QED) is 0.180. The summed E-state index contributed by atoms with van der Waals surface area (Å²) in [5.74, 6) is 1.52. The Bertz CT molecular complexity index is 655. The van der Waals surface area contributed by atoms with Gasteiger partial charge in [-0.05, 0) is 81.8 Å². The second-order valence-corrected chi connectivity index (χ2v) is 8.50. The van der Waals surface area contributed by atoms with Crippen LogP contribution in [0.3, 0.4) is 0 Å². The SMILES string of the molecule is CC1=C(C)[C-](C)C(C)(C)C(C)=C1C.Cc1c(C)c(C)c(C)c(C)c1C.I.II.[CH3-].[Y].[Y]. The van der Waals surface area contributed by atoms with Crippen molar-refractivity contribution in [1.82, 2.24) is 0 Å². The first-order chi connectivity index (χ1) is 12.3. The van der Waals surface area contributed by atoms with E-state index in [4.69, 9.17) is 0 Å². The van der Waals surface area contributed by atoms with Crippen LogP contribution in [0.1, 0.15) is 81.8 Å². The molecule has 5 heteroatoms. The van der Waals surface area contributed by atoms with Gasteiger partial charge in [0.1, 0.15) is 0 Å². The Hall–Kier alpha value is 2.97. The van der Waals surface area contributed by atoms with E-state index in [1.807, 2.05) is 0 Å². The predicted octanol–water partition coefficient (Wildman–Crippen LogP) is 10.7. The molecular formula is C26H43I3Y2-2. The summed E-state index contributed by atoms with van der Waals surface area (Å²) < 4.78 is 0. The molecule has 0 saturated carbocycles. The van der Waals surface area contributed by atoms with E-state index in [9.17, 15) is 0 Å². The third-order valence-electron chi connectivity index (χ3n) is 7.50. The van der Waals surface area contributed by atoms with Crippen LogP contribution < -0.4 is 0 Å². The summed E-state index contributed by atoms with van der Waals surface area (Å²) in [6.45, 7) is 29.1. The van der Waals surface area contributed by atoms with E-state index in [2.05, 4.69) is 127 Å². The maximum absolute atomic E-state index is 2.32. The zero-order chi connectivity index (χ0) is 21.9. The van der Waals surface area contributed by atoms with Crippen LogP contribution in [-0.2, 0) is 65.4 Å². The van der Waals surface area contributed by atoms with Gasteiger partial charge in [-0.25, -0.2) is 11.5 Å². The van der Waals surface area contributed by atoms with Crippen molar-refractivity contribution >= 4 is 61.2 Å². The molecule has 1 aliphatic carbocycles. The van der Waals surface area contributed by atoms with E-state index in [0.717, 1.165) is 0 Å². The van der Waals surface area contributed by atoms with Gasteiger partial charge in [0.2, 0.25) is 0 Å².